The molecule has 1 aromatic carbocycles. The average Bonchev–Trinajstić information content (AvgIpc) is 3.13. The van der Waals surface area contributed by atoms with Gasteiger partial charge in [0, 0.05) is 5.69 Å². The van der Waals surface area contributed by atoms with Crippen molar-refractivity contribution in [1.82, 2.24) is 0 Å². The maximum atomic E-state index is 11.6. The van der Waals surface area contributed by atoms with E-state index in [0.717, 1.165) is 24.3 Å². The zero-order chi connectivity index (χ0) is 12.5. The van der Waals surface area contributed by atoms with Gasteiger partial charge in [-0.25, -0.2) is 0 Å². The van der Waals surface area contributed by atoms with Gasteiger partial charge in [0.05, 0.1) is 7.11 Å². The molecule has 1 saturated carbocycles. The highest BCUT2D eigenvalue weighted by Gasteiger charge is 2.46. The van der Waals surface area contributed by atoms with Crippen LogP contribution in [0.2, 0.25) is 0 Å². The van der Waals surface area contributed by atoms with E-state index in [4.69, 9.17) is 10.5 Å². The molecular formula is C13H18N2O2. The molecule has 1 fully saturated rings. The minimum absolute atomic E-state index is 0.296. The molecule has 0 heterocycles. The lowest BCUT2D eigenvalue weighted by Gasteiger charge is -2.28. The van der Waals surface area contributed by atoms with Gasteiger partial charge in [-0.1, -0.05) is 0 Å². The molecule has 1 aliphatic carbocycles. The van der Waals surface area contributed by atoms with Crippen molar-refractivity contribution in [3.63, 3.8) is 0 Å². The van der Waals surface area contributed by atoms with E-state index in [-0.39, 0.29) is 5.91 Å². The molecule has 1 unspecified atom stereocenters. The quantitative estimate of drug-likeness (QED) is 0.816. The summed E-state index contributed by atoms with van der Waals surface area (Å²) in [4.78, 5) is 11.6. The molecule has 17 heavy (non-hydrogen) atoms. The number of hydrogen-bond acceptors (Lipinski definition) is 3. The summed E-state index contributed by atoms with van der Waals surface area (Å²) in [7, 11) is 1.63. The number of methoxy groups -OCH3 is 1. The van der Waals surface area contributed by atoms with Crippen molar-refractivity contribution in [1.29, 1.82) is 0 Å². The second-order valence-electron chi connectivity index (χ2n) is 4.69. The highest BCUT2D eigenvalue weighted by Crippen LogP contribution is 2.41. The first kappa shape index (κ1) is 11.8. The number of anilines is 1. The first-order valence-electron chi connectivity index (χ1n) is 5.78. The summed E-state index contributed by atoms with van der Waals surface area (Å²) >= 11 is 0. The van der Waals surface area contributed by atoms with E-state index in [1.165, 1.54) is 0 Å². The van der Waals surface area contributed by atoms with Crippen LogP contribution >= 0.6 is 0 Å². The summed E-state index contributed by atoms with van der Waals surface area (Å²) < 4.78 is 5.09. The van der Waals surface area contributed by atoms with Crippen molar-refractivity contribution in [3.05, 3.63) is 24.3 Å². The highest BCUT2D eigenvalue weighted by molar-refractivity contribution is 5.88. The highest BCUT2D eigenvalue weighted by atomic mass is 16.5. The van der Waals surface area contributed by atoms with Crippen molar-refractivity contribution in [2.45, 2.75) is 25.3 Å². The summed E-state index contributed by atoms with van der Waals surface area (Å²) in [6.45, 7) is 1.87. The molecule has 4 nitrogen and oxygen atoms in total. The Bertz CT molecular complexity index is 412. The molecule has 1 aliphatic rings. The van der Waals surface area contributed by atoms with E-state index in [9.17, 15) is 4.79 Å². The summed E-state index contributed by atoms with van der Waals surface area (Å²) in [5, 5.41) is 3.24. The van der Waals surface area contributed by atoms with Gasteiger partial charge in [0.2, 0.25) is 5.91 Å². The predicted octanol–water partition coefficient (Wildman–Crippen LogP) is 1.76. The van der Waals surface area contributed by atoms with Crippen molar-refractivity contribution in [2.24, 2.45) is 11.7 Å². The SMILES string of the molecule is COc1ccc(NC(C)(C(N)=O)C2CC2)cc1. The summed E-state index contributed by atoms with van der Waals surface area (Å²) in [5.74, 6) is 0.848. The van der Waals surface area contributed by atoms with Crippen LogP contribution in [0.3, 0.4) is 0 Å². The maximum Gasteiger partial charge on any atom is 0.243 e. The van der Waals surface area contributed by atoms with Gasteiger partial charge in [-0.05, 0) is 49.9 Å². The van der Waals surface area contributed by atoms with E-state index >= 15 is 0 Å². The summed E-state index contributed by atoms with van der Waals surface area (Å²) in [6, 6.07) is 7.50. The van der Waals surface area contributed by atoms with Crippen LogP contribution in [0.15, 0.2) is 24.3 Å². The van der Waals surface area contributed by atoms with E-state index < -0.39 is 5.54 Å². The van der Waals surface area contributed by atoms with Crippen molar-refractivity contribution >= 4 is 11.6 Å². The summed E-state index contributed by atoms with van der Waals surface area (Å²) in [5.41, 5.74) is 5.73. The van der Waals surface area contributed by atoms with Crippen LogP contribution in [-0.4, -0.2) is 18.6 Å². The number of rotatable bonds is 5. The zero-order valence-electron chi connectivity index (χ0n) is 10.2. The second kappa shape index (κ2) is 4.28. The Kier molecular flexibility index (Phi) is 2.96. The third kappa shape index (κ3) is 2.35. The Labute approximate surface area is 101 Å². The van der Waals surface area contributed by atoms with Gasteiger partial charge in [0.1, 0.15) is 11.3 Å². The first-order valence-corrected chi connectivity index (χ1v) is 5.78. The number of nitrogens with two attached hydrogens (primary N) is 1. The van der Waals surface area contributed by atoms with Crippen LogP contribution in [0.5, 0.6) is 5.75 Å². The number of ether oxygens (including phenoxy) is 1. The third-order valence-corrected chi connectivity index (χ3v) is 3.40. The second-order valence-corrected chi connectivity index (χ2v) is 4.69. The largest absolute Gasteiger partial charge is 0.497 e. The molecule has 2 rings (SSSR count). The van der Waals surface area contributed by atoms with Gasteiger partial charge in [-0.15, -0.1) is 0 Å². The van der Waals surface area contributed by atoms with E-state index in [1.54, 1.807) is 7.11 Å². The monoisotopic (exact) mass is 234 g/mol. The Balaban J connectivity index is 2.14. The fourth-order valence-electron chi connectivity index (χ4n) is 2.00. The lowest BCUT2D eigenvalue weighted by atomic mass is 9.94. The van der Waals surface area contributed by atoms with E-state index in [2.05, 4.69) is 5.32 Å². The Hall–Kier alpha value is -1.71. The van der Waals surface area contributed by atoms with Crippen LogP contribution in [0, 0.1) is 5.92 Å². The van der Waals surface area contributed by atoms with Crippen LogP contribution in [0.25, 0.3) is 0 Å². The number of nitrogens with one attached hydrogen (secondary N) is 1. The van der Waals surface area contributed by atoms with E-state index in [0.29, 0.717) is 5.92 Å². The number of hydrogen-bond donors (Lipinski definition) is 2. The van der Waals surface area contributed by atoms with Crippen molar-refractivity contribution < 1.29 is 9.53 Å². The van der Waals surface area contributed by atoms with Gasteiger partial charge in [0.15, 0.2) is 0 Å². The molecule has 0 aliphatic heterocycles. The molecule has 92 valence electrons. The van der Waals surface area contributed by atoms with Crippen LogP contribution in [-0.2, 0) is 4.79 Å². The molecule has 0 spiro atoms. The van der Waals surface area contributed by atoms with Crippen LogP contribution in [0.4, 0.5) is 5.69 Å². The van der Waals surface area contributed by atoms with Gasteiger partial charge in [0.25, 0.3) is 0 Å². The smallest absolute Gasteiger partial charge is 0.243 e. The molecule has 1 amide bonds. The van der Waals surface area contributed by atoms with Crippen LogP contribution in [0.1, 0.15) is 19.8 Å². The normalized spacial score (nSPS) is 18.2. The topological polar surface area (TPSA) is 64.3 Å². The van der Waals surface area contributed by atoms with Crippen molar-refractivity contribution in [3.8, 4) is 5.75 Å². The molecule has 0 radical (unpaired) electrons. The number of amides is 1. The Morgan fingerprint density at radius 3 is 2.41 bits per heavy atom. The number of primary amides is 1. The van der Waals surface area contributed by atoms with Crippen LogP contribution < -0.4 is 15.8 Å². The van der Waals surface area contributed by atoms with Crippen molar-refractivity contribution in [2.75, 3.05) is 12.4 Å². The Morgan fingerprint density at radius 1 is 1.41 bits per heavy atom. The number of carbonyl (C=O) groups is 1. The van der Waals surface area contributed by atoms with Gasteiger partial charge >= 0.3 is 0 Å². The molecule has 4 heteroatoms. The molecular weight excluding hydrogens is 216 g/mol. The fraction of sp³-hybridized carbons (Fsp3) is 0.462. The minimum Gasteiger partial charge on any atom is -0.497 e. The Morgan fingerprint density at radius 2 is 2.00 bits per heavy atom. The van der Waals surface area contributed by atoms with E-state index in [1.807, 2.05) is 31.2 Å². The predicted molar refractivity (Wildman–Crippen MR) is 66.9 cm³/mol. The van der Waals surface area contributed by atoms with Gasteiger partial charge < -0.3 is 15.8 Å². The van der Waals surface area contributed by atoms with Gasteiger partial charge in [-0.2, -0.15) is 0 Å². The molecule has 0 saturated heterocycles. The molecule has 1 aromatic rings. The maximum absolute atomic E-state index is 11.6. The zero-order valence-corrected chi connectivity index (χ0v) is 10.2. The standard InChI is InChI=1S/C13H18N2O2/c1-13(12(14)16,9-3-4-9)15-10-5-7-11(17-2)8-6-10/h5-9,15H,3-4H2,1-2H3,(H2,14,16). The lowest BCUT2D eigenvalue weighted by molar-refractivity contribution is -0.122. The molecule has 0 aromatic heterocycles. The number of benzene rings is 1. The third-order valence-electron chi connectivity index (χ3n) is 3.40. The van der Waals surface area contributed by atoms with Gasteiger partial charge in [-0.3, -0.25) is 4.79 Å². The lowest BCUT2D eigenvalue weighted by Crippen LogP contribution is -2.49. The first-order chi connectivity index (χ1) is 8.06. The number of carbonyl (C=O) groups excluding carboxylic acids is 1. The molecule has 1 atom stereocenters. The molecule has 3 N–H and O–H groups in total. The average molecular weight is 234 g/mol. The minimum atomic E-state index is -0.644. The molecule has 0 bridgehead atoms. The fourth-order valence-corrected chi connectivity index (χ4v) is 2.00. The summed E-state index contributed by atoms with van der Waals surface area (Å²) in [6.07, 6.45) is 2.12.